The molecular weight excluding hydrogens is 693 g/mol. The first kappa shape index (κ1) is 51.7. The summed E-state index contributed by atoms with van der Waals surface area (Å²) in [5.41, 5.74) is 5.35. The molecule has 0 bridgehead atoms. The molecule has 3 atom stereocenters. The molecule has 0 aromatic carbocycles. The Morgan fingerprint density at radius 3 is 1.43 bits per heavy atom. The molecule has 0 aromatic heterocycles. The summed E-state index contributed by atoms with van der Waals surface area (Å²) in [4.78, 5) is 33.5. The van der Waals surface area contributed by atoms with Crippen molar-refractivity contribution >= 4 is 19.8 Å². The molecule has 0 saturated carbocycles. The van der Waals surface area contributed by atoms with E-state index in [2.05, 4.69) is 26.0 Å². The van der Waals surface area contributed by atoms with E-state index < -0.39 is 45.1 Å². The van der Waals surface area contributed by atoms with Gasteiger partial charge in [-0.1, -0.05) is 174 Å². The summed E-state index contributed by atoms with van der Waals surface area (Å²) < 4.78 is 33.3. The maximum Gasteiger partial charge on any atom is 0.472 e. The Morgan fingerprint density at radius 1 is 0.585 bits per heavy atom. The van der Waals surface area contributed by atoms with Crippen LogP contribution in [0.25, 0.3) is 0 Å². The number of phosphoric ester groups is 1. The largest absolute Gasteiger partial charge is 0.480 e. The van der Waals surface area contributed by atoms with Gasteiger partial charge in [-0.2, -0.15) is 0 Å². The van der Waals surface area contributed by atoms with Gasteiger partial charge in [0.15, 0.2) is 0 Å². The number of carboxylic acid groups (broad SMARTS) is 1. The minimum atomic E-state index is -4.61. The molecule has 11 heteroatoms. The van der Waals surface area contributed by atoms with Crippen molar-refractivity contribution in [1.29, 1.82) is 0 Å². The first-order chi connectivity index (χ1) is 25.7. The van der Waals surface area contributed by atoms with Crippen molar-refractivity contribution in [2.45, 2.75) is 219 Å². The van der Waals surface area contributed by atoms with Crippen LogP contribution in [0, 0.1) is 0 Å². The van der Waals surface area contributed by atoms with Crippen LogP contribution in [0.1, 0.15) is 206 Å². The molecule has 0 amide bonds. The standard InChI is InChI=1S/C42H82NO9P/c1-3-5-7-9-11-13-15-17-19-20-21-23-25-27-29-31-33-35-49-36-39(37-50-53(47,48)51-38-40(43)42(45)46)52-41(44)34-32-30-28-26-24-22-18-16-14-12-10-8-6-4-2/h16,18,39-40H,3-15,17,19-38,43H2,1-2H3,(H,45,46)(H,47,48)/b18-16-. The smallest absolute Gasteiger partial charge is 0.472 e. The lowest BCUT2D eigenvalue weighted by Gasteiger charge is -2.20. The molecule has 0 heterocycles. The molecule has 4 N–H and O–H groups in total. The average molecular weight is 776 g/mol. The summed E-state index contributed by atoms with van der Waals surface area (Å²) in [5, 5.41) is 8.89. The van der Waals surface area contributed by atoms with Crippen LogP contribution < -0.4 is 5.73 Å². The maximum atomic E-state index is 12.6. The second-order valence-electron chi connectivity index (χ2n) is 14.8. The van der Waals surface area contributed by atoms with Gasteiger partial charge in [0.05, 0.1) is 19.8 Å². The summed E-state index contributed by atoms with van der Waals surface area (Å²) in [6.07, 6.45) is 39.7. The van der Waals surface area contributed by atoms with Gasteiger partial charge in [0.25, 0.3) is 0 Å². The second kappa shape index (κ2) is 39.0. The van der Waals surface area contributed by atoms with E-state index in [0.717, 1.165) is 51.4 Å². The van der Waals surface area contributed by atoms with Gasteiger partial charge in [-0.25, -0.2) is 4.57 Å². The number of rotatable bonds is 42. The van der Waals surface area contributed by atoms with Gasteiger partial charge in [0.2, 0.25) is 0 Å². The van der Waals surface area contributed by atoms with E-state index in [1.165, 1.54) is 128 Å². The summed E-state index contributed by atoms with van der Waals surface area (Å²) in [6, 6.07) is -1.47. The normalized spacial score (nSPS) is 14.0. The van der Waals surface area contributed by atoms with E-state index in [4.69, 9.17) is 29.4 Å². The van der Waals surface area contributed by atoms with Gasteiger partial charge in [0, 0.05) is 13.0 Å². The SMILES string of the molecule is CCCCCCC/C=C\CCCCCCCC(=O)OC(COCCCCCCCCCCCCCCCCCCC)COP(=O)(O)OCC(N)C(=O)O. The fourth-order valence-electron chi connectivity index (χ4n) is 6.13. The number of hydrogen-bond donors (Lipinski definition) is 3. The molecule has 0 aliphatic rings. The number of esters is 1. The molecule has 0 spiro atoms. The third-order valence-corrected chi connectivity index (χ3v) is 10.5. The summed E-state index contributed by atoms with van der Waals surface area (Å²) >= 11 is 0. The zero-order chi connectivity index (χ0) is 39.1. The lowest BCUT2D eigenvalue weighted by atomic mass is 10.0. The van der Waals surface area contributed by atoms with Crippen molar-refractivity contribution in [3.63, 3.8) is 0 Å². The molecule has 10 nitrogen and oxygen atoms in total. The van der Waals surface area contributed by atoms with Crippen molar-refractivity contribution in [2.24, 2.45) is 5.73 Å². The van der Waals surface area contributed by atoms with Crippen LogP contribution >= 0.6 is 7.82 Å². The van der Waals surface area contributed by atoms with E-state index in [0.29, 0.717) is 13.0 Å². The highest BCUT2D eigenvalue weighted by molar-refractivity contribution is 7.47. The third-order valence-electron chi connectivity index (χ3n) is 9.54. The zero-order valence-electron chi connectivity index (χ0n) is 34.1. The molecule has 0 saturated heterocycles. The van der Waals surface area contributed by atoms with Gasteiger partial charge in [-0.05, 0) is 38.5 Å². The molecule has 0 aliphatic carbocycles. The Morgan fingerprint density at radius 2 is 0.981 bits per heavy atom. The van der Waals surface area contributed by atoms with Gasteiger partial charge in [-0.3, -0.25) is 18.6 Å². The number of carbonyl (C=O) groups is 2. The number of carbonyl (C=O) groups excluding carboxylic acids is 1. The Bertz CT molecular complexity index is 904. The van der Waals surface area contributed by atoms with E-state index >= 15 is 0 Å². The lowest BCUT2D eigenvalue weighted by Crippen LogP contribution is -2.34. The maximum absolute atomic E-state index is 12.6. The summed E-state index contributed by atoms with van der Waals surface area (Å²) in [6.45, 7) is 3.89. The fourth-order valence-corrected chi connectivity index (χ4v) is 6.91. The quantitative estimate of drug-likeness (QED) is 0.0236. The number of nitrogens with two attached hydrogens (primary N) is 1. The first-order valence-corrected chi connectivity index (χ1v) is 23.2. The van der Waals surface area contributed by atoms with E-state index in [1.807, 2.05) is 0 Å². The predicted octanol–water partition coefficient (Wildman–Crippen LogP) is 11.8. The molecule has 0 rings (SSSR count). The molecule has 0 aromatic rings. The minimum absolute atomic E-state index is 0.0193. The minimum Gasteiger partial charge on any atom is -0.480 e. The number of hydrogen-bond acceptors (Lipinski definition) is 8. The number of allylic oxidation sites excluding steroid dienone is 2. The topological polar surface area (TPSA) is 155 Å². The molecule has 0 fully saturated rings. The Hall–Kier alpha value is -1.29. The number of phosphoric acid groups is 1. The average Bonchev–Trinajstić information content (AvgIpc) is 3.13. The van der Waals surface area contributed by atoms with E-state index in [-0.39, 0.29) is 13.0 Å². The Labute approximate surface area is 324 Å². The lowest BCUT2D eigenvalue weighted by molar-refractivity contribution is -0.154. The van der Waals surface area contributed by atoms with Crippen molar-refractivity contribution in [1.82, 2.24) is 0 Å². The van der Waals surface area contributed by atoms with Crippen LogP contribution in [-0.2, 0) is 32.7 Å². The van der Waals surface area contributed by atoms with Gasteiger partial charge in [0.1, 0.15) is 12.1 Å². The highest BCUT2D eigenvalue weighted by Crippen LogP contribution is 2.43. The van der Waals surface area contributed by atoms with Crippen molar-refractivity contribution < 1.29 is 42.7 Å². The van der Waals surface area contributed by atoms with Crippen molar-refractivity contribution in [3.05, 3.63) is 12.2 Å². The van der Waals surface area contributed by atoms with Crippen molar-refractivity contribution in [2.75, 3.05) is 26.4 Å². The van der Waals surface area contributed by atoms with Crippen LogP contribution in [-0.4, -0.2) is 60.5 Å². The third kappa shape index (κ3) is 38.8. The van der Waals surface area contributed by atoms with E-state index in [9.17, 15) is 19.0 Å². The van der Waals surface area contributed by atoms with Crippen molar-refractivity contribution in [3.8, 4) is 0 Å². The monoisotopic (exact) mass is 776 g/mol. The molecular formula is C42H82NO9P. The summed E-state index contributed by atoms with van der Waals surface area (Å²) in [5.74, 6) is -1.78. The highest BCUT2D eigenvalue weighted by atomic mass is 31.2. The number of ether oxygens (including phenoxy) is 2. The zero-order valence-corrected chi connectivity index (χ0v) is 35.0. The first-order valence-electron chi connectivity index (χ1n) is 21.7. The van der Waals surface area contributed by atoms with Crippen LogP contribution in [0.15, 0.2) is 12.2 Å². The molecule has 0 aliphatic heterocycles. The van der Waals surface area contributed by atoms with Crippen LogP contribution in [0.5, 0.6) is 0 Å². The van der Waals surface area contributed by atoms with Gasteiger partial charge < -0.3 is 25.2 Å². The molecule has 3 unspecified atom stereocenters. The van der Waals surface area contributed by atoms with E-state index in [1.54, 1.807) is 0 Å². The number of aliphatic carboxylic acids is 1. The predicted molar refractivity (Wildman–Crippen MR) is 217 cm³/mol. The number of carboxylic acids is 1. The van der Waals surface area contributed by atoms with Crippen LogP contribution in [0.2, 0.25) is 0 Å². The second-order valence-corrected chi connectivity index (χ2v) is 16.3. The fraction of sp³-hybridized carbons (Fsp3) is 0.905. The molecule has 314 valence electrons. The Balaban J connectivity index is 4.21. The van der Waals surface area contributed by atoms with Gasteiger partial charge >= 0.3 is 19.8 Å². The molecule has 0 radical (unpaired) electrons. The van der Waals surface area contributed by atoms with Crippen LogP contribution in [0.3, 0.4) is 0 Å². The number of unbranched alkanes of at least 4 members (excludes halogenated alkanes) is 26. The molecule has 53 heavy (non-hydrogen) atoms. The Kier molecular flexibility index (Phi) is 38.0. The van der Waals surface area contributed by atoms with Crippen LogP contribution in [0.4, 0.5) is 0 Å². The van der Waals surface area contributed by atoms with Gasteiger partial charge in [-0.15, -0.1) is 0 Å². The highest BCUT2D eigenvalue weighted by Gasteiger charge is 2.27. The summed E-state index contributed by atoms with van der Waals surface area (Å²) in [7, 11) is -4.61.